The summed E-state index contributed by atoms with van der Waals surface area (Å²) in [5.41, 5.74) is 1.96. The first-order valence-electron chi connectivity index (χ1n) is 10.4. The molecule has 0 aliphatic carbocycles. The highest BCUT2D eigenvalue weighted by atomic mass is 127. The van der Waals surface area contributed by atoms with Gasteiger partial charge in [-0.25, -0.2) is 9.69 Å². The van der Waals surface area contributed by atoms with Crippen LogP contribution in [0.4, 0.5) is 10.5 Å². The van der Waals surface area contributed by atoms with E-state index in [-0.39, 0.29) is 12.3 Å². The number of amides is 3. The lowest BCUT2D eigenvalue weighted by atomic mass is 10.1. The molecule has 0 aromatic heterocycles. The topological polar surface area (TPSA) is 67.9 Å². The predicted octanol–water partition coefficient (Wildman–Crippen LogP) is 7.33. The van der Waals surface area contributed by atoms with Gasteiger partial charge in [0.2, 0.25) is 0 Å². The lowest BCUT2D eigenvalue weighted by molar-refractivity contribution is -0.113. The van der Waals surface area contributed by atoms with Crippen LogP contribution in [0.5, 0.6) is 11.5 Å². The molecule has 10 heteroatoms. The van der Waals surface area contributed by atoms with Crippen molar-refractivity contribution in [1.82, 2.24) is 5.32 Å². The maximum Gasteiger partial charge on any atom is 0.333 e. The standard InChI is InChI=1S/C25H18Cl3IN2O4/c1-2-34-22-10-14(8-20(29)23(22)35-13-15-6-7-17(27)12-19(15)28)9-21-24(32)31(25(33)30-21)18-5-3-4-16(26)11-18/h3-12H,2,13H2,1H3,(H,30,33)/b21-9+. The van der Waals surface area contributed by atoms with Crippen molar-refractivity contribution in [3.8, 4) is 11.5 Å². The van der Waals surface area contributed by atoms with Gasteiger partial charge in [-0.05, 0) is 83.6 Å². The molecule has 35 heavy (non-hydrogen) atoms. The Morgan fingerprint density at radius 3 is 2.49 bits per heavy atom. The first kappa shape index (κ1) is 25.6. The quantitative estimate of drug-likeness (QED) is 0.166. The number of nitrogens with zero attached hydrogens (tertiary/aromatic N) is 1. The summed E-state index contributed by atoms with van der Waals surface area (Å²) in [6.45, 7) is 2.49. The van der Waals surface area contributed by atoms with Crippen LogP contribution >= 0.6 is 57.4 Å². The number of hydrogen-bond acceptors (Lipinski definition) is 4. The Morgan fingerprint density at radius 2 is 1.77 bits per heavy atom. The van der Waals surface area contributed by atoms with E-state index in [9.17, 15) is 9.59 Å². The van der Waals surface area contributed by atoms with Crippen LogP contribution in [0, 0.1) is 3.57 Å². The molecule has 1 fully saturated rings. The van der Waals surface area contributed by atoms with Gasteiger partial charge in [0.1, 0.15) is 12.3 Å². The van der Waals surface area contributed by atoms with Crippen molar-refractivity contribution in [2.75, 3.05) is 11.5 Å². The van der Waals surface area contributed by atoms with E-state index in [1.54, 1.807) is 54.6 Å². The van der Waals surface area contributed by atoms with E-state index < -0.39 is 11.9 Å². The van der Waals surface area contributed by atoms with Crippen molar-refractivity contribution in [1.29, 1.82) is 0 Å². The Kier molecular flexibility index (Phi) is 8.11. The van der Waals surface area contributed by atoms with Gasteiger partial charge in [-0.2, -0.15) is 0 Å². The van der Waals surface area contributed by atoms with Crippen LogP contribution in [0.25, 0.3) is 6.08 Å². The van der Waals surface area contributed by atoms with E-state index in [4.69, 9.17) is 44.3 Å². The molecule has 0 radical (unpaired) electrons. The summed E-state index contributed by atoms with van der Waals surface area (Å²) in [4.78, 5) is 26.5. The summed E-state index contributed by atoms with van der Waals surface area (Å²) < 4.78 is 12.6. The van der Waals surface area contributed by atoms with Crippen molar-refractivity contribution in [2.24, 2.45) is 0 Å². The summed E-state index contributed by atoms with van der Waals surface area (Å²) in [6, 6.07) is 14.8. The van der Waals surface area contributed by atoms with Gasteiger partial charge in [0.05, 0.1) is 15.9 Å². The maximum atomic E-state index is 13.0. The highest BCUT2D eigenvalue weighted by molar-refractivity contribution is 14.1. The Morgan fingerprint density at radius 1 is 1.00 bits per heavy atom. The second kappa shape index (κ2) is 11.1. The van der Waals surface area contributed by atoms with Crippen LogP contribution in [-0.2, 0) is 11.4 Å². The zero-order valence-electron chi connectivity index (χ0n) is 18.3. The first-order valence-corrected chi connectivity index (χ1v) is 12.6. The molecule has 1 aliphatic heterocycles. The largest absolute Gasteiger partial charge is 0.490 e. The van der Waals surface area contributed by atoms with E-state index in [0.717, 1.165) is 14.0 Å². The number of anilines is 1. The number of hydrogen-bond donors (Lipinski definition) is 1. The monoisotopic (exact) mass is 642 g/mol. The molecule has 4 rings (SSSR count). The minimum Gasteiger partial charge on any atom is -0.490 e. The molecular weight excluding hydrogens is 626 g/mol. The van der Waals surface area contributed by atoms with Crippen LogP contribution in [-0.4, -0.2) is 18.5 Å². The van der Waals surface area contributed by atoms with Crippen molar-refractivity contribution in [2.45, 2.75) is 13.5 Å². The second-order valence-electron chi connectivity index (χ2n) is 7.40. The number of halogens is 4. The minimum absolute atomic E-state index is 0.134. The summed E-state index contributed by atoms with van der Waals surface area (Å²) in [6.07, 6.45) is 1.59. The summed E-state index contributed by atoms with van der Waals surface area (Å²) in [5, 5.41) is 4.09. The predicted molar refractivity (Wildman–Crippen MR) is 147 cm³/mol. The molecule has 3 amide bonds. The molecular formula is C25H18Cl3IN2O4. The molecule has 6 nitrogen and oxygen atoms in total. The van der Waals surface area contributed by atoms with E-state index in [0.29, 0.717) is 44.4 Å². The lowest BCUT2D eigenvalue weighted by Crippen LogP contribution is -2.30. The van der Waals surface area contributed by atoms with Gasteiger partial charge >= 0.3 is 6.03 Å². The van der Waals surface area contributed by atoms with Crippen LogP contribution in [0.3, 0.4) is 0 Å². The van der Waals surface area contributed by atoms with E-state index >= 15 is 0 Å². The average molecular weight is 644 g/mol. The number of ether oxygens (including phenoxy) is 2. The third-order valence-corrected chi connectivity index (χ3v) is 6.60. The highest BCUT2D eigenvalue weighted by Crippen LogP contribution is 2.36. The van der Waals surface area contributed by atoms with Crippen molar-refractivity contribution in [3.05, 3.63) is 90.1 Å². The molecule has 0 saturated carbocycles. The molecule has 1 saturated heterocycles. The van der Waals surface area contributed by atoms with E-state index in [1.165, 1.54) is 0 Å². The third kappa shape index (κ3) is 5.86. The van der Waals surface area contributed by atoms with Crippen molar-refractivity contribution >= 4 is 81.1 Å². The number of imide groups is 1. The number of nitrogens with one attached hydrogen (secondary N) is 1. The number of benzene rings is 3. The molecule has 0 atom stereocenters. The average Bonchev–Trinajstić information content (AvgIpc) is 3.07. The van der Waals surface area contributed by atoms with E-state index in [2.05, 4.69) is 27.9 Å². The normalized spacial score (nSPS) is 14.4. The van der Waals surface area contributed by atoms with Crippen LogP contribution in [0.15, 0.2) is 60.3 Å². The van der Waals surface area contributed by atoms with Gasteiger partial charge in [-0.1, -0.05) is 46.9 Å². The zero-order chi connectivity index (χ0) is 25.1. The molecule has 0 bridgehead atoms. The minimum atomic E-state index is -0.553. The van der Waals surface area contributed by atoms with Crippen LogP contribution < -0.4 is 19.7 Å². The smallest absolute Gasteiger partial charge is 0.333 e. The van der Waals surface area contributed by atoms with Gasteiger partial charge in [0, 0.05) is 20.6 Å². The molecule has 3 aromatic carbocycles. The molecule has 1 heterocycles. The molecule has 1 N–H and O–H groups in total. The second-order valence-corrected chi connectivity index (χ2v) is 9.84. The third-order valence-electron chi connectivity index (χ3n) is 4.97. The Bertz CT molecular complexity index is 1350. The fraction of sp³-hybridized carbons (Fsp3) is 0.120. The fourth-order valence-electron chi connectivity index (χ4n) is 3.41. The highest BCUT2D eigenvalue weighted by Gasteiger charge is 2.35. The number of rotatable bonds is 7. The lowest BCUT2D eigenvalue weighted by Gasteiger charge is -2.15. The van der Waals surface area contributed by atoms with Gasteiger partial charge < -0.3 is 14.8 Å². The van der Waals surface area contributed by atoms with Gasteiger partial charge in [0.15, 0.2) is 11.5 Å². The summed E-state index contributed by atoms with van der Waals surface area (Å²) in [5.74, 6) is 0.561. The zero-order valence-corrected chi connectivity index (χ0v) is 22.7. The molecule has 0 spiro atoms. The Hall–Kier alpha value is -2.46. The molecule has 180 valence electrons. The van der Waals surface area contributed by atoms with Gasteiger partial charge in [-0.3, -0.25) is 4.79 Å². The van der Waals surface area contributed by atoms with Gasteiger partial charge in [0.25, 0.3) is 5.91 Å². The van der Waals surface area contributed by atoms with Gasteiger partial charge in [-0.15, -0.1) is 0 Å². The molecule has 3 aromatic rings. The van der Waals surface area contributed by atoms with Crippen molar-refractivity contribution in [3.63, 3.8) is 0 Å². The van der Waals surface area contributed by atoms with Crippen LogP contribution in [0.2, 0.25) is 15.1 Å². The maximum absolute atomic E-state index is 13.0. The first-order chi connectivity index (χ1) is 16.8. The number of urea groups is 1. The van der Waals surface area contributed by atoms with E-state index in [1.807, 2.05) is 13.0 Å². The number of carbonyl (C=O) groups excluding carboxylic acids is 2. The SMILES string of the molecule is CCOc1cc(/C=C2/NC(=O)N(c3cccc(Cl)c3)C2=O)cc(I)c1OCc1ccc(Cl)cc1Cl. The van der Waals surface area contributed by atoms with Crippen molar-refractivity contribution < 1.29 is 19.1 Å². The molecule has 0 unspecified atom stereocenters. The summed E-state index contributed by atoms with van der Waals surface area (Å²) in [7, 11) is 0. The molecule has 1 aliphatic rings. The summed E-state index contributed by atoms with van der Waals surface area (Å²) >= 11 is 20.4. The Labute approximate surface area is 230 Å². The van der Waals surface area contributed by atoms with Crippen LogP contribution in [0.1, 0.15) is 18.1 Å². The fourth-order valence-corrected chi connectivity index (χ4v) is 4.84. The Balaban J connectivity index is 1.61. The number of carbonyl (C=O) groups is 2.